The van der Waals surface area contributed by atoms with E-state index in [0.29, 0.717) is 41.2 Å². The van der Waals surface area contributed by atoms with Gasteiger partial charge in [-0.15, -0.1) is 0 Å². The number of halogens is 1. The van der Waals surface area contributed by atoms with Crippen LogP contribution in [0.25, 0.3) is 10.9 Å². The molecule has 3 aromatic rings. The summed E-state index contributed by atoms with van der Waals surface area (Å²) in [6.45, 7) is 2.88. The van der Waals surface area contributed by atoms with Crippen molar-refractivity contribution in [1.82, 2.24) is 14.5 Å². The third-order valence-electron chi connectivity index (χ3n) is 7.03. The second kappa shape index (κ2) is 10.4. The number of aromatic nitrogens is 2. The fourth-order valence-corrected chi connectivity index (χ4v) is 4.94. The van der Waals surface area contributed by atoms with Crippen molar-refractivity contribution in [3.8, 4) is 6.07 Å². The van der Waals surface area contributed by atoms with Gasteiger partial charge in [0.1, 0.15) is 6.07 Å². The second-order valence-electron chi connectivity index (χ2n) is 9.64. The Morgan fingerprint density at radius 1 is 1.13 bits per heavy atom. The van der Waals surface area contributed by atoms with Crippen molar-refractivity contribution in [2.75, 3.05) is 18.5 Å². The molecule has 0 spiro atoms. The zero-order valence-corrected chi connectivity index (χ0v) is 21.5. The van der Waals surface area contributed by atoms with E-state index in [1.165, 1.54) is 22.8 Å². The number of ether oxygens (including phenoxy) is 1. The average molecular weight is 536 g/mol. The maximum atomic E-state index is 13.2. The molecular formula is C27H26ClN5O5. The Kier molecular flexibility index (Phi) is 7.06. The molecule has 0 unspecified atom stereocenters. The minimum Gasteiger partial charge on any atom is -0.378 e. The predicted molar refractivity (Wildman–Crippen MR) is 141 cm³/mol. The Labute approximate surface area is 222 Å². The number of aryl methyl sites for hydroxylation is 1. The molecule has 2 amide bonds. The van der Waals surface area contributed by atoms with Gasteiger partial charge < -0.3 is 15.4 Å². The molecule has 10 nitrogen and oxygen atoms in total. The van der Waals surface area contributed by atoms with Crippen LogP contribution in [0.5, 0.6) is 0 Å². The number of nitriles is 1. The fraction of sp³-hybridized carbons (Fsp3) is 0.370. The summed E-state index contributed by atoms with van der Waals surface area (Å²) in [5, 5.41) is 15.2. The SMILES string of the molecule is CCn1c(=O)n(CC2CC2)c(=O)c2cc(C(=O)N[C@@H]3COC[C@@H]3C(=O)Nc3ccc(C#N)c(Cl)c3)ccc21. The quantitative estimate of drug-likeness (QED) is 0.477. The van der Waals surface area contributed by atoms with Gasteiger partial charge in [0.05, 0.1) is 46.7 Å². The van der Waals surface area contributed by atoms with Crippen LogP contribution >= 0.6 is 11.6 Å². The van der Waals surface area contributed by atoms with E-state index in [9.17, 15) is 19.2 Å². The molecule has 2 aliphatic rings. The molecule has 2 atom stereocenters. The van der Waals surface area contributed by atoms with Gasteiger partial charge in [0.15, 0.2) is 0 Å². The van der Waals surface area contributed by atoms with Crippen LogP contribution in [0, 0.1) is 23.2 Å². The van der Waals surface area contributed by atoms with E-state index >= 15 is 0 Å². The topological polar surface area (TPSA) is 135 Å². The highest BCUT2D eigenvalue weighted by Crippen LogP contribution is 2.30. The van der Waals surface area contributed by atoms with Crippen LogP contribution in [0.15, 0.2) is 46.0 Å². The van der Waals surface area contributed by atoms with E-state index in [-0.39, 0.29) is 35.4 Å². The molecule has 5 rings (SSSR count). The van der Waals surface area contributed by atoms with Crippen LogP contribution < -0.4 is 21.9 Å². The Balaban J connectivity index is 1.36. The molecule has 1 saturated carbocycles. The molecule has 1 saturated heterocycles. The minimum atomic E-state index is -0.658. The number of nitrogens with zero attached hydrogens (tertiary/aromatic N) is 3. The third-order valence-corrected chi connectivity index (χ3v) is 7.34. The highest BCUT2D eigenvalue weighted by atomic mass is 35.5. The summed E-state index contributed by atoms with van der Waals surface area (Å²) in [5.74, 6) is -1.14. The highest BCUT2D eigenvalue weighted by Gasteiger charge is 2.35. The number of rotatable bonds is 7. The molecule has 1 aromatic heterocycles. The van der Waals surface area contributed by atoms with E-state index < -0.39 is 23.4 Å². The van der Waals surface area contributed by atoms with Crippen molar-refractivity contribution in [3.63, 3.8) is 0 Å². The zero-order valence-electron chi connectivity index (χ0n) is 20.7. The Hall–Kier alpha value is -3.94. The second-order valence-corrected chi connectivity index (χ2v) is 10.0. The number of nitrogens with one attached hydrogen (secondary N) is 2. The lowest BCUT2D eigenvalue weighted by atomic mass is 10.0. The Morgan fingerprint density at radius 3 is 2.61 bits per heavy atom. The lowest BCUT2D eigenvalue weighted by molar-refractivity contribution is -0.120. The Bertz CT molecular complexity index is 1600. The van der Waals surface area contributed by atoms with Gasteiger partial charge in [-0.25, -0.2) is 4.79 Å². The van der Waals surface area contributed by atoms with Crippen molar-refractivity contribution in [3.05, 3.63) is 73.4 Å². The summed E-state index contributed by atoms with van der Waals surface area (Å²) < 4.78 is 8.29. The first kappa shape index (κ1) is 25.7. The standard InChI is InChI=1S/C27H26ClN5O5/c1-2-32-23-8-6-16(9-19(23)26(36)33(27(32)37)12-15-3-4-15)24(34)31-22-14-38-13-20(22)25(35)30-18-7-5-17(11-29)21(28)10-18/h5-10,15,20,22H,2-4,12-14H2,1H3,(H,30,35)(H,31,34)/t20-,22+/m0/s1. The van der Waals surface area contributed by atoms with Gasteiger partial charge in [-0.1, -0.05) is 11.6 Å². The molecule has 2 heterocycles. The number of hydrogen-bond acceptors (Lipinski definition) is 6. The van der Waals surface area contributed by atoms with Crippen molar-refractivity contribution < 1.29 is 14.3 Å². The molecular weight excluding hydrogens is 510 g/mol. The van der Waals surface area contributed by atoms with Crippen LogP contribution in [-0.4, -0.2) is 40.2 Å². The summed E-state index contributed by atoms with van der Waals surface area (Å²) in [6, 6.07) is 10.6. The summed E-state index contributed by atoms with van der Waals surface area (Å²) in [6.07, 6.45) is 1.99. The zero-order chi connectivity index (χ0) is 27.0. The van der Waals surface area contributed by atoms with Crippen LogP contribution in [-0.2, 0) is 22.6 Å². The first-order chi connectivity index (χ1) is 18.3. The van der Waals surface area contributed by atoms with Crippen LogP contribution in [0.1, 0.15) is 35.7 Å². The summed E-state index contributed by atoms with van der Waals surface area (Å²) in [4.78, 5) is 52.2. The van der Waals surface area contributed by atoms with Crippen molar-refractivity contribution in [2.45, 2.75) is 38.9 Å². The van der Waals surface area contributed by atoms with Crippen LogP contribution in [0.2, 0.25) is 5.02 Å². The maximum absolute atomic E-state index is 13.2. The van der Waals surface area contributed by atoms with E-state index in [2.05, 4.69) is 10.6 Å². The van der Waals surface area contributed by atoms with Crippen molar-refractivity contribution in [2.24, 2.45) is 11.8 Å². The van der Waals surface area contributed by atoms with Crippen molar-refractivity contribution >= 4 is 40.0 Å². The number of amides is 2. The summed E-state index contributed by atoms with van der Waals surface area (Å²) in [7, 11) is 0. The van der Waals surface area contributed by atoms with Gasteiger partial charge in [-0.05, 0) is 62.1 Å². The van der Waals surface area contributed by atoms with Gasteiger partial charge in [-0.2, -0.15) is 5.26 Å². The first-order valence-electron chi connectivity index (χ1n) is 12.5. The molecule has 0 radical (unpaired) electrons. The van der Waals surface area contributed by atoms with Crippen molar-refractivity contribution in [1.29, 1.82) is 5.26 Å². The molecule has 38 heavy (non-hydrogen) atoms. The lowest BCUT2D eigenvalue weighted by Crippen LogP contribution is -2.44. The lowest BCUT2D eigenvalue weighted by Gasteiger charge is -2.19. The number of anilines is 1. The van der Waals surface area contributed by atoms with E-state index in [1.807, 2.05) is 13.0 Å². The molecule has 1 aliphatic heterocycles. The fourth-order valence-electron chi connectivity index (χ4n) is 4.72. The van der Waals surface area contributed by atoms with E-state index in [4.69, 9.17) is 21.6 Å². The highest BCUT2D eigenvalue weighted by molar-refractivity contribution is 6.32. The minimum absolute atomic E-state index is 0.118. The van der Waals surface area contributed by atoms with Gasteiger partial charge >= 0.3 is 5.69 Å². The molecule has 2 N–H and O–H groups in total. The van der Waals surface area contributed by atoms with Crippen LogP contribution in [0.4, 0.5) is 5.69 Å². The average Bonchev–Trinajstić information content (AvgIpc) is 3.61. The maximum Gasteiger partial charge on any atom is 0.331 e. The molecule has 196 valence electrons. The first-order valence-corrected chi connectivity index (χ1v) is 12.8. The molecule has 11 heteroatoms. The monoisotopic (exact) mass is 535 g/mol. The number of benzene rings is 2. The summed E-state index contributed by atoms with van der Waals surface area (Å²) >= 11 is 6.06. The molecule has 1 aliphatic carbocycles. The third kappa shape index (κ3) is 4.95. The molecule has 0 bridgehead atoms. The van der Waals surface area contributed by atoms with Gasteiger partial charge in [-0.3, -0.25) is 23.5 Å². The normalized spacial score (nSPS) is 18.8. The predicted octanol–water partition coefficient (Wildman–Crippen LogP) is 2.50. The molecule has 2 aromatic carbocycles. The largest absolute Gasteiger partial charge is 0.378 e. The number of carbonyl (C=O) groups excluding carboxylic acids is 2. The van der Waals surface area contributed by atoms with Gasteiger partial charge in [0, 0.05) is 24.3 Å². The Morgan fingerprint density at radius 2 is 1.92 bits per heavy atom. The summed E-state index contributed by atoms with van der Waals surface area (Å²) in [5.41, 5.74) is 0.709. The molecule has 2 fully saturated rings. The van der Waals surface area contributed by atoms with Gasteiger partial charge in [0.2, 0.25) is 5.91 Å². The van der Waals surface area contributed by atoms with E-state index in [1.54, 1.807) is 22.8 Å². The number of fused-ring (bicyclic) bond motifs is 1. The van der Waals surface area contributed by atoms with Crippen LogP contribution in [0.3, 0.4) is 0 Å². The smallest absolute Gasteiger partial charge is 0.331 e. The van der Waals surface area contributed by atoms with Gasteiger partial charge in [0.25, 0.3) is 11.5 Å². The number of hydrogen-bond donors (Lipinski definition) is 2. The number of carbonyl (C=O) groups is 2. The van der Waals surface area contributed by atoms with E-state index in [0.717, 1.165) is 12.8 Å².